The second-order valence-corrected chi connectivity index (χ2v) is 7.44. The third kappa shape index (κ3) is 2.22. The SMILES string of the molecule is COc1cc(O)c2c(O)c3c(cc2c1)CC1(O)CC(=O)C(C(N)=O)=C(O)C1(O)C3=O. The second kappa shape index (κ2) is 5.94. The number of ether oxygens (including phenoxy) is 1. The lowest BCUT2D eigenvalue weighted by Crippen LogP contribution is -2.67. The maximum absolute atomic E-state index is 13.2. The first-order valence-corrected chi connectivity index (χ1v) is 8.78. The standard InChI is InChI=1S/C20H17NO9/c1-30-9-3-7-2-8-5-19(28)6-11(23)14(18(21)27)17(26)20(19,29)16(25)13(8)15(24)12(7)10(22)4-9/h2-4,22,24,26,28-29H,5-6H2,1H3,(H2,21,27). The normalized spacial score (nSPS) is 25.8. The molecule has 0 saturated heterocycles. The highest BCUT2D eigenvalue weighted by atomic mass is 16.5. The Morgan fingerprint density at radius 1 is 1.10 bits per heavy atom. The van der Waals surface area contributed by atoms with Gasteiger partial charge in [0, 0.05) is 18.9 Å². The number of hydrogen-bond acceptors (Lipinski definition) is 9. The zero-order valence-electron chi connectivity index (χ0n) is 15.6. The van der Waals surface area contributed by atoms with Gasteiger partial charge in [-0.1, -0.05) is 0 Å². The van der Waals surface area contributed by atoms with Gasteiger partial charge in [0.2, 0.25) is 11.4 Å². The predicted octanol–water partition coefficient (Wildman–Crippen LogP) is -0.269. The van der Waals surface area contributed by atoms with Gasteiger partial charge in [0.1, 0.15) is 28.4 Å². The van der Waals surface area contributed by atoms with Crippen LogP contribution in [0.5, 0.6) is 17.2 Å². The molecule has 0 aliphatic heterocycles. The van der Waals surface area contributed by atoms with Crippen molar-refractivity contribution in [1.82, 2.24) is 0 Å². The molecule has 2 aromatic rings. The van der Waals surface area contributed by atoms with Gasteiger partial charge in [-0.25, -0.2) is 0 Å². The molecule has 0 aromatic heterocycles. The minimum atomic E-state index is -3.09. The zero-order chi connectivity index (χ0) is 22.2. The molecule has 2 aliphatic carbocycles. The molecule has 2 atom stereocenters. The molecular weight excluding hydrogens is 398 g/mol. The number of Topliss-reactive ketones (excluding diaryl/α,β-unsaturated/α-hetero) is 2. The van der Waals surface area contributed by atoms with Crippen LogP contribution < -0.4 is 10.5 Å². The highest BCUT2D eigenvalue weighted by Crippen LogP contribution is 2.51. The van der Waals surface area contributed by atoms with Gasteiger partial charge in [0.05, 0.1) is 18.1 Å². The summed E-state index contributed by atoms with van der Waals surface area (Å²) in [6.07, 6.45) is -1.38. The Bertz CT molecular complexity index is 1210. The quantitative estimate of drug-likeness (QED) is 0.359. The van der Waals surface area contributed by atoms with Gasteiger partial charge in [0.25, 0.3) is 5.91 Å². The highest BCUT2D eigenvalue weighted by Gasteiger charge is 2.66. The molecule has 2 aliphatic rings. The molecule has 10 nitrogen and oxygen atoms in total. The molecule has 0 radical (unpaired) electrons. The van der Waals surface area contributed by atoms with Gasteiger partial charge in [-0.2, -0.15) is 0 Å². The third-order valence-electron chi connectivity index (χ3n) is 5.75. The van der Waals surface area contributed by atoms with E-state index in [0.717, 1.165) is 0 Å². The summed E-state index contributed by atoms with van der Waals surface area (Å²) in [6.45, 7) is 0. The lowest BCUT2D eigenvalue weighted by Gasteiger charge is -2.47. The smallest absolute Gasteiger partial charge is 0.255 e. The maximum atomic E-state index is 13.2. The van der Waals surface area contributed by atoms with E-state index in [9.17, 15) is 39.9 Å². The number of methoxy groups -OCH3 is 1. The summed E-state index contributed by atoms with van der Waals surface area (Å²) in [5.41, 5.74) is -1.90. The number of aliphatic hydroxyl groups is 3. The Hall–Kier alpha value is -3.63. The fraction of sp³-hybridized carbons (Fsp3) is 0.250. The fourth-order valence-corrected chi connectivity index (χ4v) is 4.32. The van der Waals surface area contributed by atoms with Crippen LogP contribution in [0.4, 0.5) is 0 Å². The molecule has 7 N–H and O–H groups in total. The first-order chi connectivity index (χ1) is 14.0. The van der Waals surface area contributed by atoms with Crippen molar-refractivity contribution >= 4 is 28.2 Å². The summed E-state index contributed by atoms with van der Waals surface area (Å²) in [5, 5.41) is 53.7. The topological polar surface area (TPSA) is 188 Å². The maximum Gasteiger partial charge on any atom is 0.255 e. The van der Waals surface area contributed by atoms with Crippen molar-refractivity contribution in [2.24, 2.45) is 5.73 Å². The first kappa shape index (κ1) is 19.7. The molecule has 1 amide bonds. The Morgan fingerprint density at radius 3 is 2.37 bits per heavy atom. The molecule has 0 heterocycles. The summed E-state index contributed by atoms with van der Waals surface area (Å²) < 4.78 is 5.07. The molecule has 0 saturated carbocycles. The van der Waals surface area contributed by atoms with E-state index in [1.807, 2.05) is 0 Å². The lowest BCUT2D eigenvalue weighted by atomic mass is 9.61. The van der Waals surface area contributed by atoms with E-state index in [2.05, 4.69) is 0 Å². The molecule has 2 unspecified atom stereocenters. The van der Waals surface area contributed by atoms with E-state index in [-0.39, 0.29) is 22.1 Å². The van der Waals surface area contributed by atoms with Crippen LogP contribution in [0, 0.1) is 0 Å². The zero-order valence-corrected chi connectivity index (χ0v) is 15.6. The van der Waals surface area contributed by atoms with Crippen LogP contribution in [0.15, 0.2) is 29.5 Å². The summed E-state index contributed by atoms with van der Waals surface area (Å²) >= 11 is 0. The molecule has 0 fully saturated rings. The van der Waals surface area contributed by atoms with Gasteiger partial charge < -0.3 is 36.0 Å². The molecule has 4 rings (SSSR count). The van der Waals surface area contributed by atoms with Crippen LogP contribution in [-0.4, -0.2) is 61.3 Å². The second-order valence-electron chi connectivity index (χ2n) is 7.44. The number of rotatable bonds is 2. The van der Waals surface area contributed by atoms with Crippen LogP contribution in [0.1, 0.15) is 22.3 Å². The number of primary amides is 1. The van der Waals surface area contributed by atoms with E-state index < -0.39 is 69.9 Å². The van der Waals surface area contributed by atoms with Gasteiger partial charge in [-0.15, -0.1) is 0 Å². The van der Waals surface area contributed by atoms with Crippen molar-refractivity contribution < 1.29 is 44.7 Å². The lowest BCUT2D eigenvalue weighted by molar-refractivity contribution is -0.151. The van der Waals surface area contributed by atoms with E-state index in [0.29, 0.717) is 0 Å². The Kier molecular flexibility index (Phi) is 3.90. The van der Waals surface area contributed by atoms with Crippen molar-refractivity contribution in [2.75, 3.05) is 7.11 Å². The van der Waals surface area contributed by atoms with Gasteiger partial charge in [0.15, 0.2) is 11.5 Å². The molecule has 156 valence electrons. The average Bonchev–Trinajstić information content (AvgIpc) is 2.63. The van der Waals surface area contributed by atoms with Gasteiger partial charge in [-0.05, 0) is 23.1 Å². The van der Waals surface area contributed by atoms with Crippen molar-refractivity contribution in [2.45, 2.75) is 24.0 Å². The van der Waals surface area contributed by atoms with Crippen LogP contribution in [-0.2, 0) is 16.0 Å². The summed E-state index contributed by atoms with van der Waals surface area (Å²) in [7, 11) is 1.37. The Labute approximate surface area is 168 Å². The minimum Gasteiger partial charge on any atom is -0.508 e. The van der Waals surface area contributed by atoms with E-state index in [1.165, 1.54) is 25.3 Å². The van der Waals surface area contributed by atoms with E-state index in [1.54, 1.807) is 0 Å². The number of phenolic OH excluding ortho intramolecular Hbond substituents is 2. The minimum absolute atomic E-state index is 0.0629. The number of fused-ring (bicyclic) bond motifs is 3. The number of aliphatic hydroxyl groups excluding tert-OH is 1. The Balaban J connectivity index is 2.06. The number of aromatic hydroxyl groups is 2. The first-order valence-electron chi connectivity index (χ1n) is 8.78. The number of amides is 1. The highest BCUT2D eigenvalue weighted by molar-refractivity contribution is 6.24. The number of ketones is 2. The van der Waals surface area contributed by atoms with Crippen LogP contribution in [0.2, 0.25) is 0 Å². The Morgan fingerprint density at radius 2 is 1.77 bits per heavy atom. The molecule has 10 heteroatoms. The van der Waals surface area contributed by atoms with Crippen LogP contribution >= 0.6 is 0 Å². The van der Waals surface area contributed by atoms with E-state index in [4.69, 9.17) is 10.5 Å². The summed E-state index contributed by atoms with van der Waals surface area (Å²) in [6, 6.07) is 4.06. The van der Waals surface area contributed by atoms with Crippen LogP contribution in [0.3, 0.4) is 0 Å². The van der Waals surface area contributed by atoms with Gasteiger partial charge >= 0.3 is 0 Å². The molecule has 0 bridgehead atoms. The number of carbonyl (C=O) groups is 3. The monoisotopic (exact) mass is 415 g/mol. The van der Waals surface area contributed by atoms with Crippen molar-refractivity contribution in [3.8, 4) is 17.2 Å². The van der Waals surface area contributed by atoms with Gasteiger partial charge in [-0.3, -0.25) is 14.4 Å². The van der Waals surface area contributed by atoms with Crippen molar-refractivity contribution in [3.05, 3.63) is 40.7 Å². The summed E-state index contributed by atoms with van der Waals surface area (Å²) in [5.74, 6) is -5.98. The number of hydrogen-bond donors (Lipinski definition) is 6. The largest absolute Gasteiger partial charge is 0.508 e. The van der Waals surface area contributed by atoms with Crippen molar-refractivity contribution in [1.29, 1.82) is 0 Å². The average molecular weight is 415 g/mol. The molecule has 30 heavy (non-hydrogen) atoms. The third-order valence-corrected chi connectivity index (χ3v) is 5.75. The molecular formula is C20H17NO9. The fourth-order valence-electron chi connectivity index (χ4n) is 4.32. The number of carbonyl (C=O) groups excluding carboxylic acids is 3. The summed E-state index contributed by atoms with van der Waals surface area (Å²) in [4.78, 5) is 37.1. The number of nitrogens with two attached hydrogens (primary N) is 1. The molecule has 0 spiro atoms. The van der Waals surface area contributed by atoms with Crippen LogP contribution in [0.25, 0.3) is 10.8 Å². The van der Waals surface area contributed by atoms with E-state index >= 15 is 0 Å². The number of benzene rings is 2. The predicted molar refractivity (Wildman–Crippen MR) is 100 cm³/mol. The molecule has 2 aromatic carbocycles. The van der Waals surface area contributed by atoms with Crippen molar-refractivity contribution in [3.63, 3.8) is 0 Å². The number of phenols is 2.